The van der Waals surface area contributed by atoms with Gasteiger partial charge in [-0.25, -0.2) is 0 Å². The fourth-order valence-electron chi connectivity index (χ4n) is 3.14. The number of nitrogens with one attached hydrogen (secondary N) is 1. The van der Waals surface area contributed by atoms with Gasteiger partial charge in [0.25, 0.3) is 0 Å². The lowest BCUT2D eigenvalue weighted by molar-refractivity contribution is 0.0811. The van der Waals surface area contributed by atoms with Crippen molar-refractivity contribution >= 4 is 0 Å². The molecule has 0 amide bonds. The molecule has 3 nitrogen and oxygen atoms in total. The predicted octanol–water partition coefficient (Wildman–Crippen LogP) is 2.43. The van der Waals surface area contributed by atoms with Crippen LogP contribution >= 0.6 is 0 Å². The summed E-state index contributed by atoms with van der Waals surface area (Å²) in [5.74, 6) is 0. The van der Waals surface area contributed by atoms with Crippen molar-refractivity contribution in [1.29, 1.82) is 0 Å². The van der Waals surface area contributed by atoms with Gasteiger partial charge in [0.2, 0.25) is 0 Å². The highest BCUT2D eigenvalue weighted by molar-refractivity contribution is 4.83. The van der Waals surface area contributed by atoms with E-state index in [1.165, 1.54) is 39.1 Å². The average molecular weight is 269 g/mol. The van der Waals surface area contributed by atoms with E-state index in [2.05, 4.69) is 56.7 Å². The summed E-state index contributed by atoms with van der Waals surface area (Å²) < 4.78 is 0. The van der Waals surface area contributed by atoms with Gasteiger partial charge in [0, 0.05) is 31.7 Å². The van der Waals surface area contributed by atoms with Crippen molar-refractivity contribution in [2.75, 3.05) is 39.3 Å². The van der Waals surface area contributed by atoms with E-state index in [-0.39, 0.29) is 0 Å². The van der Waals surface area contributed by atoms with Crippen LogP contribution in [0.15, 0.2) is 0 Å². The number of rotatable bonds is 6. The van der Waals surface area contributed by atoms with E-state index in [9.17, 15) is 0 Å². The molecule has 1 heterocycles. The van der Waals surface area contributed by atoms with E-state index in [4.69, 9.17) is 0 Å². The van der Waals surface area contributed by atoms with Crippen LogP contribution in [0.2, 0.25) is 0 Å². The molecule has 1 N–H and O–H groups in total. The maximum atomic E-state index is 3.66. The zero-order valence-corrected chi connectivity index (χ0v) is 14.0. The second kappa shape index (κ2) is 7.61. The van der Waals surface area contributed by atoms with Gasteiger partial charge in [-0.2, -0.15) is 0 Å². The molecule has 2 atom stereocenters. The van der Waals surface area contributed by atoms with Gasteiger partial charge in [0.1, 0.15) is 0 Å². The summed E-state index contributed by atoms with van der Waals surface area (Å²) in [5, 5.41) is 3.66. The molecular formula is C16H35N3. The zero-order valence-electron chi connectivity index (χ0n) is 14.0. The molecule has 1 rings (SSSR count). The van der Waals surface area contributed by atoms with Crippen molar-refractivity contribution in [2.45, 2.75) is 60.0 Å². The Labute approximate surface area is 120 Å². The normalized spacial score (nSPS) is 24.6. The molecule has 114 valence electrons. The standard InChI is InChI=1S/C16H35N3/c1-7-17-15(16(4,5)6)9-10-18-11-12-19(8-2)14(3)13-18/h14-15,17H,7-13H2,1-6H3. The maximum absolute atomic E-state index is 3.66. The van der Waals surface area contributed by atoms with Gasteiger partial charge in [0.15, 0.2) is 0 Å². The molecule has 1 aliphatic heterocycles. The van der Waals surface area contributed by atoms with Crippen LogP contribution in [-0.2, 0) is 0 Å². The lowest BCUT2D eigenvalue weighted by Gasteiger charge is -2.40. The lowest BCUT2D eigenvalue weighted by Crippen LogP contribution is -2.52. The van der Waals surface area contributed by atoms with Crippen molar-refractivity contribution in [1.82, 2.24) is 15.1 Å². The van der Waals surface area contributed by atoms with Crippen LogP contribution in [0, 0.1) is 5.41 Å². The average Bonchev–Trinajstić information content (AvgIpc) is 2.33. The fraction of sp³-hybridized carbons (Fsp3) is 1.00. The number of piperazine rings is 1. The molecule has 2 unspecified atom stereocenters. The van der Waals surface area contributed by atoms with Gasteiger partial charge in [0.05, 0.1) is 0 Å². The summed E-state index contributed by atoms with van der Waals surface area (Å²) in [6, 6.07) is 1.34. The fourth-order valence-corrected chi connectivity index (χ4v) is 3.14. The highest BCUT2D eigenvalue weighted by Gasteiger charge is 2.26. The Morgan fingerprint density at radius 3 is 2.37 bits per heavy atom. The minimum atomic E-state index is 0.354. The Balaban J connectivity index is 2.39. The van der Waals surface area contributed by atoms with E-state index in [0.29, 0.717) is 17.5 Å². The Morgan fingerprint density at radius 2 is 1.89 bits per heavy atom. The Kier molecular flexibility index (Phi) is 6.78. The van der Waals surface area contributed by atoms with Gasteiger partial charge >= 0.3 is 0 Å². The third kappa shape index (κ3) is 5.41. The zero-order chi connectivity index (χ0) is 14.5. The third-order valence-electron chi connectivity index (χ3n) is 4.49. The number of nitrogens with zero attached hydrogens (tertiary/aromatic N) is 2. The Morgan fingerprint density at radius 1 is 1.21 bits per heavy atom. The molecule has 0 spiro atoms. The molecule has 0 aliphatic carbocycles. The minimum absolute atomic E-state index is 0.354. The Bertz CT molecular complexity index is 247. The molecule has 19 heavy (non-hydrogen) atoms. The van der Waals surface area contributed by atoms with E-state index in [0.717, 1.165) is 6.54 Å². The van der Waals surface area contributed by atoms with Crippen molar-refractivity contribution in [3.8, 4) is 0 Å². The van der Waals surface area contributed by atoms with Crippen LogP contribution in [0.4, 0.5) is 0 Å². The van der Waals surface area contributed by atoms with Gasteiger partial charge < -0.3 is 10.2 Å². The largest absolute Gasteiger partial charge is 0.314 e. The topological polar surface area (TPSA) is 18.5 Å². The first-order chi connectivity index (χ1) is 8.88. The minimum Gasteiger partial charge on any atom is -0.314 e. The maximum Gasteiger partial charge on any atom is 0.0195 e. The Hall–Kier alpha value is -0.120. The number of likely N-dealkylation sites (N-methyl/N-ethyl adjacent to an activating group) is 1. The lowest BCUT2D eigenvalue weighted by atomic mass is 9.84. The smallest absolute Gasteiger partial charge is 0.0195 e. The second-order valence-electron chi connectivity index (χ2n) is 7.04. The van der Waals surface area contributed by atoms with E-state index in [1.807, 2.05) is 0 Å². The van der Waals surface area contributed by atoms with Crippen LogP contribution in [0.5, 0.6) is 0 Å². The number of hydrogen-bond donors (Lipinski definition) is 1. The first kappa shape index (κ1) is 16.9. The molecule has 0 aromatic carbocycles. The quantitative estimate of drug-likeness (QED) is 0.799. The van der Waals surface area contributed by atoms with Gasteiger partial charge in [-0.3, -0.25) is 4.90 Å². The van der Waals surface area contributed by atoms with E-state index >= 15 is 0 Å². The molecule has 0 bridgehead atoms. The van der Waals surface area contributed by atoms with Gasteiger partial charge in [-0.05, 0) is 38.4 Å². The molecule has 0 radical (unpaired) electrons. The van der Waals surface area contributed by atoms with Crippen molar-refractivity contribution in [3.05, 3.63) is 0 Å². The molecule has 0 saturated carbocycles. The monoisotopic (exact) mass is 269 g/mol. The van der Waals surface area contributed by atoms with Crippen LogP contribution in [0.1, 0.15) is 48.0 Å². The summed E-state index contributed by atoms with van der Waals surface area (Å²) in [5.41, 5.74) is 0.354. The first-order valence-electron chi connectivity index (χ1n) is 8.08. The molecule has 0 aromatic rings. The summed E-state index contributed by atoms with van der Waals surface area (Å²) in [4.78, 5) is 5.23. The summed E-state index contributed by atoms with van der Waals surface area (Å²) in [6.45, 7) is 21.1. The second-order valence-corrected chi connectivity index (χ2v) is 7.04. The van der Waals surface area contributed by atoms with Gasteiger partial charge in [-0.1, -0.05) is 34.6 Å². The molecule has 3 heteroatoms. The first-order valence-corrected chi connectivity index (χ1v) is 8.08. The summed E-state index contributed by atoms with van der Waals surface area (Å²) in [7, 11) is 0. The summed E-state index contributed by atoms with van der Waals surface area (Å²) in [6.07, 6.45) is 1.26. The van der Waals surface area contributed by atoms with E-state index < -0.39 is 0 Å². The van der Waals surface area contributed by atoms with E-state index in [1.54, 1.807) is 0 Å². The molecule has 1 aliphatic rings. The van der Waals surface area contributed by atoms with Crippen molar-refractivity contribution in [2.24, 2.45) is 5.41 Å². The highest BCUT2D eigenvalue weighted by Crippen LogP contribution is 2.22. The van der Waals surface area contributed by atoms with Crippen LogP contribution in [-0.4, -0.2) is 61.2 Å². The van der Waals surface area contributed by atoms with Gasteiger partial charge in [-0.15, -0.1) is 0 Å². The van der Waals surface area contributed by atoms with Crippen molar-refractivity contribution in [3.63, 3.8) is 0 Å². The predicted molar refractivity (Wildman–Crippen MR) is 84.7 cm³/mol. The SMILES string of the molecule is CCNC(CCN1CCN(CC)C(C)C1)C(C)(C)C. The molecule has 1 saturated heterocycles. The summed E-state index contributed by atoms with van der Waals surface area (Å²) >= 11 is 0. The van der Waals surface area contributed by atoms with Crippen LogP contribution < -0.4 is 5.32 Å². The van der Waals surface area contributed by atoms with Crippen LogP contribution in [0.25, 0.3) is 0 Å². The molecular weight excluding hydrogens is 234 g/mol. The third-order valence-corrected chi connectivity index (χ3v) is 4.49. The molecule has 1 fully saturated rings. The number of hydrogen-bond acceptors (Lipinski definition) is 3. The molecule has 0 aromatic heterocycles. The van der Waals surface area contributed by atoms with Crippen molar-refractivity contribution < 1.29 is 0 Å². The van der Waals surface area contributed by atoms with Crippen LogP contribution in [0.3, 0.4) is 0 Å². The highest BCUT2D eigenvalue weighted by atomic mass is 15.3.